The monoisotopic (exact) mass is 224 g/mol. The summed E-state index contributed by atoms with van der Waals surface area (Å²) in [5.41, 5.74) is 8.63. The van der Waals surface area contributed by atoms with Crippen LogP contribution in [0.5, 0.6) is 0 Å². The van der Waals surface area contributed by atoms with Crippen LogP contribution in [0.1, 0.15) is 11.6 Å². The van der Waals surface area contributed by atoms with Crippen LogP contribution in [0.2, 0.25) is 0 Å². The molecule has 0 aliphatic carbocycles. The van der Waals surface area contributed by atoms with Crippen molar-refractivity contribution in [3.8, 4) is 0 Å². The van der Waals surface area contributed by atoms with Crippen molar-refractivity contribution in [2.24, 2.45) is 12.2 Å². The first kappa shape index (κ1) is 12.0. The number of carboxylic acid groups (broad SMARTS) is 1. The molecule has 0 aliphatic heterocycles. The van der Waals surface area contributed by atoms with E-state index in [0.29, 0.717) is 12.1 Å². The van der Waals surface area contributed by atoms with Gasteiger partial charge in [-0.2, -0.15) is 5.10 Å². The topological polar surface area (TPSA) is 116 Å². The van der Waals surface area contributed by atoms with Crippen molar-refractivity contribution in [3.05, 3.63) is 28.4 Å². The van der Waals surface area contributed by atoms with Crippen LogP contribution in [0.15, 0.2) is 17.5 Å². The van der Waals surface area contributed by atoms with Gasteiger partial charge in [-0.3, -0.25) is 9.48 Å². The largest absolute Gasteiger partial charge is 0.480 e. The van der Waals surface area contributed by atoms with Gasteiger partial charge in [-0.15, -0.1) is 0 Å². The van der Waals surface area contributed by atoms with Gasteiger partial charge in [0.15, 0.2) is 0 Å². The summed E-state index contributed by atoms with van der Waals surface area (Å²) in [7, 11) is 1.71. The first-order chi connectivity index (χ1) is 7.65. The number of rotatable bonds is 6. The molecular formula is C8H12N6O2. The molecule has 2 N–H and O–H groups in total. The third-order valence-corrected chi connectivity index (χ3v) is 1.93. The van der Waals surface area contributed by atoms with Gasteiger partial charge in [0.25, 0.3) is 0 Å². The lowest BCUT2D eigenvalue weighted by molar-refractivity contribution is -0.139. The van der Waals surface area contributed by atoms with Gasteiger partial charge in [0, 0.05) is 36.8 Å². The van der Waals surface area contributed by atoms with E-state index in [1.54, 1.807) is 13.2 Å². The minimum Gasteiger partial charge on any atom is -0.480 e. The number of aryl methyl sites for hydroxylation is 1. The van der Waals surface area contributed by atoms with Gasteiger partial charge in [-0.05, 0) is 5.53 Å². The maximum Gasteiger partial charge on any atom is 0.325 e. The molecule has 0 spiro atoms. The average Bonchev–Trinajstić information content (AvgIpc) is 2.64. The van der Waals surface area contributed by atoms with Crippen LogP contribution in [0.3, 0.4) is 0 Å². The molecule has 0 saturated carbocycles. The molecule has 1 rings (SSSR count). The Labute approximate surface area is 91.5 Å². The molecule has 0 aromatic carbocycles. The molecule has 1 heterocycles. The van der Waals surface area contributed by atoms with Crippen molar-refractivity contribution < 1.29 is 9.90 Å². The summed E-state index contributed by atoms with van der Waals surface area (Å²) in [4.78, 5) is 13.5. The highest BCUT2D eigenvalue weighted by molar-refractivity contribution is 5.75. The second-order valence-electron chi connectivity index (χ2n) is 3.13. The van der Waals surface area contributed by atoms with Crippen LogP contribution in [0, 0.1) is 0 Å². The lowest BCUT2D eigenvalue weighted by Crippen LogP contribution is -2.30. The Hall–Kier alpha value is -2.05. The molecule has 86 valence electrons. The Balaban J connectivity index is 2.61. The molecule has 16 heavy (non-hydrogen) atoms. The number of carbonyl (C=O) groups is 1. The Morgan fingerprint density at radius 2 is 2.62 bits per heavy atom. The summed E-state index contributed by atoms with van der Waals surface area (Å²) in [6.45, 7) is 0.510. The van der Waals surface area contributed by atoms with Gasteiger partial charge in [0.05, 0.1) is 6.20 Å². The molecule has 0 aliphatic rings. The normalized spacial score (nSPS) is 11.8. The molecule has 1 unspecified atom stereocenters. The van der Waals surface area contributed by atoms with Crippen LogP contribution < -0.4 is 5.32 Å². The van der Waals surface area contributed by atoms with Gasteiger partial charge in [-0.1, -0.05) is 5.11 Å². The standard InChI is InChI=1S/C8H12N6O2/c1-14-5-6(4-12-14)7(8(15)16)10-2-3-11-13-9/h4-5,7,10H,2-3H2,1H3,(H,15,16). The highest BCUT2D eigenvalue weighted by Gasteiger charge is 2.19. The Morgan fingerprint density at radius 3 is 3.12 bits per heavy atom. The second-order valence-corrected chi connectivity index (χ2v) is 3.13. The SMILES string of the molecule is Cn1cc(C(NCCN=[N+]=[N-])C(=O)O)cn1. The fourth-order valence-electron chi connectivity index (χ4n) is 1.24. The quantitative estimate of drug-likeness (QED) is 0.315. The number of hydrogen-bond donors (Lipinski definition) is 2. The maximum atomic E-state index is 11.0. The van der Waals surface area contributed by atoms with E-state index >= 15 is 0 Å². The molecule has 0 bridgehead atoms. The van der Waals surface area contributed by atoms with Crippen molar-refractivity contribution in [1.82, 2.24) is 15.1 Å². The number of hydrogen-bond acceptors (Lipinski definition) is 4. The highest BCUT2D eigenvalue weighted by Crippen LogP contribution is 2.11. The summed E-state index contributed by atoms with van der Waals surface area (Å²) in [6.07, 6.45) is 3.11. The van der Waals surface area contributed by atoms with E-state index in [4.69, 9.17) is 10.6 Å². The molecule has 8 nitrogen and oxygen atoms in total. The zero-order valence-electron chi connectivity index (χ0n) is 8.74. The predicted molar refractivity (Wildman–Crippen MR) is 55.6 cm³/mol. The molecule has 0 amide bonds. The summed E-state index contributed by atoms with van der Waals surface area (Å²) >= 11 is 0. The van der Waals surface area contributed by atoms with E-state index < -0.39 is 12.0 Å². The zero-order chi connectivity index (χ0) is 12.0. The Bertz CT molecular complexity index is 408. The van der Waals surface area contributed by atoms with Crippen LogP contribution in [-0.2, 0) is 11.8 Å². The van der Waals surface area contributed by atoms with Crippen LogP contribution in [-0.4, -0.2) is 33.9 Å². The number of nitrogens with zero attached hydrogens (tertiary/aromatic N) is 5. The Morgan fingerprint density at radius 1 is 1.88 bits per heavy atom. The molecule has 1 aromatic rings. The van der Waals surface area contributed by atoms with E-state index in [2.05, 4.69) is 20.4 Å². The van der Waals surface area contributed by atoms with Gasteiger partial charge >= 0.3 is 5.97 Å². The molecule has 0 saturated heterocycles. The van der Waals surface area contributed by atoms with Crippen LogP contribution in [0.25, 0.3) is 10.4 Å². The number of nitrogens with one attached hydrogen (secondary N) is 1. The minimum absolute atomic E-state index is 0.209. The summed E-state index contributed by atoms with van der Waals surface area (Å²) in [5.74, 6) is -0.992. The summed E-state index contributed by atoms with van der Waals surface area (Å²) in [5, 5.41) is 19.0. The first-order valence-electron chi connectivity index (χ1n) is 4.60. The average molecular weight is 224 g/mol. The fraction of sp³-hybridized carbons (Fsp3) is 0.500. The van der Waals surface area contributed by atoms with Crippen molar-refractivity contribution >= 4 is 5.97 Å². The van der Waals surface area contributed by atoms with Gasteiger partial charge < -0.3 is 10.4 Å². The smallest absolute Gasteiger partial charge is 0.325 e. The lowest BCUT2D eigenvalue weighted by atomic mass is 10.1. The van der Waals surface area contributed by atoms with Gasteiger partial charge in [-0.25, -0.2) is 0 Å². The number of azide groups is 1. The Kier molecular flexibility index (Phi) is 4.31. The van der Waals surface area contributed by atoms with Gasteiger partial charge in [0.2, 0.25) is 0 Å². The lowest BCUT2D eigenvalue weighted by Gasteiger charge is -2.11. The van der Waals surface area contributed by atoms with E-state index in [1.165, 1.54) is 10.9 Å². The zero-order valence-corrected chi connectivity index (χ0v) is 8.74. The van der Waals surface area contributed by atoms with Crippen LogP contribution in [0.4, 0.5) is 0 Å². The van der Waals surface area contributed by atoms with E-state index in [0.717, 1.165) is 0 Å². The summed E-state index contributed by atoms with van der Waals surface area (Å²) < 4.78 is 1.53. The van der Waals surface area contributed by atoms with Crippen LogP contribution >= 0.6 is 0 Å². The molecule has 8 heteroatoms. The third kappa shape index (κ3) is 3.26. The van der Waals surface area contributed by atoms with E-state index in [1.807, 2.05) is 0 Å². The van der Waals surface area contributed by atoms with E-state index in [9.17, 15) is 4.79 Å². The number of carboxylic acids is 1. The van der Waals surface area contributed by atoms with E-state index in [-0.39, 0.29) is 6.54 Å². The molecular weight excluding hydrogens is 212 g/mol. The minimum atomic E-state index is -0.992. The van der Waals surface area contributed by atoms with Crippen molar-refractivity contribution in [1.29, 1.82) is 0 Å². The highest BCUT2D eigenvalue weighted by atomic mass is 16.4. The summed E-state index contributed by atoms with van der Waals surface area (Å²) in [6, 6.07) is -0.831. The third-order valence-electron chi connectivity index (χ3n) is 1.93. The predicted octanol–water partition coefficient (Wildman–Crippen LogP) is 0.446. The molecule has 1 atom stereocenters. The first-order valence-corrected chi connectivity index (χ1v) is 4.60. The second kappa shape index (κ2) is 5.74. The fourth-order valence-corrected chi connectivity index (χ4v) is 1.24. The molecule has 0 radical (unpaired) electrons. The molecule has 0 fully saturated rings. The number of aromatic nitrogens is 2. The maximum absolute atomic E-state index is 11.0. The van der Waals surface area contributed by atoms with Gasteiger partial charge in [0.1, 0.15) is 6.04 Å². The van der Waals surface area contributed by atoms with Crippen molar-refractivity contribution in [2.75, 3.05) is 13.1 Å². The van der Waals surface area contributed by atoms with Crippen molar-refractivity contribution in [3.63, 3.8) is 0 Å². The van der Waals surface area contributed by atoms with Crippen molar-refractivity contribution in [2.45, 2.75) is 6.04 Å². The molecule has 1 aromatic heterocycles. The number of aliphatic carboxylic acids is 1.